The Morgan fingerprint density at radius 2 is 1.72 bits per heavy atom. The molecule has 0 unspecified atom stereocenters. The van der Waals surface area contributed by atoms with E-state index >= 15 is 0 Å². The number of aryl methyl sites for hydroxylation is 1. The first-order chi connectivity index (χ1) is 12.0. The second-order valence-corrected chi connectivity index (χ2v) is 5.98. The van der Waals surface area contributed by atoms with E-state index in [2.05, 4.69) is 15.6 Å². The summed E-state index contributed by atoms with van der Waals surface area (Å²) in [5.41, 5.74) is 3.41. The third kappa shape index (κ3) is 4.01. The number of pyridine rings is 1. The van der Waals surface area contributed by atoms with E-state index in [1.807, 2.05) is 62.4 Å². The van der Waals surface area contributed by atoms with Gasteiger partial charge in [-0.3, -0.25) is 14.6 Å². The van der Waals surface area contributed by atoms with Gasteiger partial charge in [-0.05, 0) is 31.5 Å². The molecule has 0 saturated heterocycles. The topological polar surface area (TPSA) is 71.1 Å². The Balaban J connectivity index is 1.65. The van der Waals surface area contributed by atoms with Crippen LogP contribution >= 0.6 is 0 Å². The minimum absolute atomic E-state index is 0.256. The molecule has 0 bridgehead atoms. The number of hydrogen-bond donors (Lipinski definition) is 2. The molecule has 1 heterocycles. The Kier molecular flexibility index (Phi) is 4.75. The van der Waals surface area contributed by atoms with Crippen molar-refractivity contribution in [3.05, 3.63) is 71.9 Å². The molecule has 2 amide bonds. The van der Waals surface area contributed by atoms with E-state index in [4.69, 9.17) is 0 Å². The molecule has 25 heavy (non-hydrogen) atoms. The van der Waals surface area contributed by atoms with E-state index in [1.165, 1.54) is 6.20 Å². The molecule has 0 fully saturated rings. The lowest BCUT2D eigenvalue weighted by Crippen LogP contribution is -2.36. The number of hydrogen-bond acceptors (Lipinski definition) is 3. The van der Waals surface area contributed by atoms with Crippen LogP contribution in [0.3, 0.4) is 0 Å². The smallest absolute Gasteiger partial charge is 0.313 e. The van der Waals surface area contributed by atoms with Crippen molar-refractivity contribution in [2.24, 2.45) is 0 Å². The molecule has 1 aromatic heterocycles. The molecule has 0 aliphatic carbocycles. The Labute approximate surface area is 146 Å². The van der Waals surface area contributed by atoms with E-state index in [9.17, 15) is 9.59 Å². The molecule has 1 atom stereocenters. The van der Waals surface area contributed by atoms with Gasteiger partial charge in [-0.2, -0.15) is 0 Å². The lowest BCUT2D eigenvalue weighted by Gasteiger charge is -2.14. The summed E-state index contributed by atoms with van der Waals surface area (Å²) in [5.74, 6) is -1.39. The minimum atomic E-state index is -0.712. The van der Waals surface area contributed by atoms with E-state index < -0.39 is 11.8 Å². The van der Waals surface area contributed by atoms with Gasteiger partial charge in [0.15, 0.2) is 0 Å². The van der Waals surface area contributed by atoms with Gasteiger partial charge in [-0.1, -0.05) is 48.0 Å². The van der Waals surface area contributed by atoms with Gasteiger partial charge in [-0.25, -0.2) is 0 Å². The van der Waals surface area contributed by atoms with E-state index in [-0.39, 0.29) is 6.04 Å². The van der Waals surface area contributed by atoms with Crippen LogP contribution in [0, 0.1) is 6.92 Å². The lowest BCUT2D eigenvalue weighted by atomic mass is 10.1. The zero-order valence-corrected chi connectivity index (χ0v) is 14.1. The van der Waals surface area contributed by atoms with Gasteiger partial charge in [0, 0.05) is 5.39 Å². The van der Waals surface area contributed by atoms with Crippen LogP contribution < -0.4 is 10.6 Å². The van der Waals surface area contributed by atoms with Crippen LogP contribution in [0.25, 0.3) is 10.9 Å². The van der Waals surface area contributed by atoms with Crippen molar-refractivity contribution in [3.8, 4) is 0 Å². The number of benzene rings is 2. The van der Waals surface area contributed by atoms with Gasteiger partial charge in [0.1, 0.15) is 0 Å². The van der Waals surface area contributed by atoms with Crippen LogP contribution in [-0.4, -0.2) is 16.8 Å². The largest absolute Gasteiger partial charge is 0.341 e. The summed E-state index contributed by atoms with van der Waals surface area (Å²) >= 11 is 0. The molecule has 5 heteroatoms. The van der Waals surface area contributed by atoms with Gasteiger partial charge in [-0.15, -0.1) is 0 Å². The Hall–Kier alpha value is -3.21. The highest BCUT2D eigenvalue weighted by Gasteiger charge is 2.17. The molecular formula is C20H19N3O2. The maximum absolute atomic E-state index is 12.1. The van der Waals surface area contributed by atoms with Gasteiger partial charge in [0.2, 0.25) is 0 Å². The first kappa shape index (κ1) is 16.6. The summed E-state index contributed by atoms with van der Waals surface area (Å²) in [6.07, 6.45) is 1.54. The molecule has 126 valence electrons. The number of aromatic nitrogens is 1. The standard InChI is InChI=1S/C20H19N3O2/c1-13-7-9-15(10-8-13)14(2)22-19(24)20(25)23-17-11-16-5-3-4-6-18(16)21-12-17/h3-12,14H,1-2H3,(H,22,24)(H,23,25)/t14-/m0/s1. The van der Waals surface area contributed by atoms with E-state index in [1.54, 1.807) is 6.07 Å². The molecule has 0 radical (unpaired) electrons. The summed E-state index contributed by atoms with van der Waals surface area (Å²) in [6, 6.07) is 16.9. The number of carbonyl (C=O) groups excluding carboxylic acids is 2. The monoisotopic (exact) mass is 333 g/mol. The summed E-state index contributed by atoms with van der Waals surface area (Å²) in [5, 5.41) is 6.18. The first-order valence-corrected chi connectivity index (χ1v) is 8.06. The molecule has 5 nitrogen and oxygen atoms in total. The highest BCUT2D eigenvalue weighted by atomic mass is 16.2. The Morgan fingerprint density at radius 3 is 2.48 bits per heavy atom. The third-order valence-electron chi connectivity index (χ3n) is 3.98. The molecule has 0 saturated carbocycles. The summed E-state index contributed by atoms with van der Waals surface area (Å²) in [4.78, 5) is 28.5. The molecule has 2 N–H and O–H groups in total. The molecule has 3 rings (SSSR count). The lowest BCUT2D eigenvalue weighted by molar-refractivity contribution is -0.136. The fraction of sp³-hybridized carbons (Fsp3) is 0.150. The van der Waals surface area contributed by atoms with Crippen molar-refractivity contribution >= 4 is 28.4 Å². The van der Waals surface area contributed by atoms with Crippen molar-refractivity contribution in [2.75, 3.05) is 5.32 Å². The number of nitrogens with zero attached hydrogens (tertiary/aromatic N) is 1. The first-order valence-electron chi connectivity index (χ1n) is 8.06. The molecule has 0 aliphatic rings. The maximum Gasteiger partial charge on any atom is 0.313 e. The summed E-state index contributed by atoms with van der Waals surface area (Å²) in [6.45, 7) is 3.84. The highest BCUT2D eigenvalue weighted by Crippen LogP contribution is 2.16. The second-order valence-electron chi connectivity index (χ2n) is 5.98. The second kappa shape index (κ2) is 7.13. The fourth-order valence-electron chi connectivity index (χ4n) is 2.53. The van der Waals surface area contributed by atoms with Crippen molar-refractivity contribution in [1.82, 2.24) is 10.3 Å². The molecular weight excluding hydrogens is 314 g/mol. The van der Waals surface area contributed by atoms with Crippen LogP contribution in [0.5, 0.6) is 0 Å². The van der Waals surface area contributed by atoms with Crippen molar-refractivity contribution in [3.63, 3.8) is 0 Å². The van der Waals surface area contributed by atoms with Crippen LogP contribution in [0.2, 0.25) is 0 Å². The predicted molar refractivity (Wildman–Crippen MR) is 98.1 cm³/mol. The van der Waals surface area contributed by atoms with Gasteiger partial charge in [0.05, 0.1) is 23.4 Å². The van der Waals surface area contributed by atoms with Crippen LogP contribution in [-0.2, 0) is 9.59 Å². The number of anilines is 1. The normalized spacial score (nSPS) is 11.8. The average Bonchev–Trinajstić information content (AvgIpc) is 2.62. The van der Waals surface area contributed by atoms with Crippen LogP contribution in [0.4, 0.5) is 5.69 Å². The number of rotatable bonds is 3. The van der Waals surface area contributed by atoms with Crippen molar-refractivity contribution in [2.45, 2.75) is 19.9 Å². The van der Waals surface area contributed by atoms with E-state index in [0.29, 0.717) is 5.69 Å². The van der Waals surface area contributed by atoms with Crippen molar-refractivity contribution < 1.29 is 9.59 Å². The third-order valence-corrected chi connectivity index (χ3v) is 3.98. The zero-order valence-electron chi connectivity index (χ0n) is 14.1. The summed E-state index contributed by atoms with van der Waals surface area (Å²) < 4.78 is 0. The zero-order chi connectivity index (χ0) is 17.8. The Morgan fingerprint density at radius 1 is 1.00 bits per heavy atom. The van der Waals surface area contributed by atoms with Crippen LogP contribution in [0.15, 0.2) is 60.8 Å². The fourth-order valence-corrected chi connectivity index (χ4v) is 2.53. The van der Waals surface area contributed by atoms with E-state index in [0.717, 1.165) is 22.0 Å². The predicted octanol–water partition coefficient (Wildman–Crippen LogP) is 3.36. The molecule has 0 aliphatic heterocycles. The molecule has 2 aromatic carbocycles. The summed E-state index contributed by atoms with van der Waals surface area (Å²) in [7, 11) is 0. The van der Waals surface area contributed by atoms with Gasteiger partial charge in [0.25, 0.3) is 0 Å². The minimum Gasteiger partial charge on any atom is -0.341 e. The number of nitrogens with one attached hydrogen (secondary N) is 2. The quantitative estimate of drug-likeness (QED) is 0.722. The Bertz CT molecular complexity index is 920. The molecule has 0 spiro atoms. The number of carbonyl (C=O) groups is 2. The van der Waals surface area contributed by atoms with Gasteiger partial charge < -0.3 is 10.6 Å². The maximum atomic E-state index is 12.1. The average molecular weight is 333 g/mol. The SMILES string of the molecule is Cc1ccc([C@H](C)NC(=O)C(=O)Nc2cnc3ccccc3c2)cc1. The number of fused-ring (bicyclic) bond motifs is 1. The number of amides is 2. The van der Waals surface area contributed by atoms with Crippen LogP contribution in [0.1, 0.15) is 24.1 Å². The highest BCUT2D eigenvalue weighted by molar-refractivity contribution is 6.39. The van der Waals surface area contributed by atoms with Crippen molar-refractivity contribution in [1.29, 1.82) is 0 Å². The number of para-hydroxylation sites is 1. The van der Waals surface area contributed by atoms with Gasteiger partial charge >= 0.3 is 11.8 Å². The molecule has 3 aromatic rings.